The van der Waals surface area contributed by atoms with Gasteiger partial charge in [-0.05, 0) is 49.3 Å². The van der Waals surface area contributed by atoms with E-state index in [1.165, 1.54) is 0 Å². The van der Waals surface area contributed by atoms with Gasteiger partial charge in [0.05, 0.1) is 0 Å². The molecule has 0 aliphatic rings. The average molecular weight is 251 g/mol. The van der Waals surface area contributed by atoms with E-state index in [2.05, 4.69) is 20.8 Å². The van der Waals surface area contributed by atoms with Crippen LogP contribution in [0.2, 0.25) is 0 Å². The maximum atomic E-state index is 13.6. The van der Waals surface area contributed by atoms with Gasteiger partial charge in [0.1, 0.15) is 5.82 Å². The van der Waals surface area contributed by atoms with Crippen LogP contribution in [0.5, 0.6) is 0 Å². The molecule has 0 aromatic heterocycles. The van der Waals surface area contributed by atoms with Crippen LogP contribution in [0.4, 0.5) is 4.39 Å². The van der Waals surface area contributed by atoms with Crippen LogP contribution in [-0.4, -0.2) is 0 Å². The normalized spacial score (nSPS) is 15.5. The lowest BCUT2D eigenvalue weighted by molar-refractivity contribution is 0.327. The average Bonchev–Trinajstić information content (AvgIpc) is 2.19. The minimum atomic E-state index is -0.445. The number of nitrogens with two attached hydrogens (primary N) is 1. The summed E-state index contributed by atoms with van der Waals surface area (Å²) in [5.41, 5.74) is 7.76. The summed E-state index contributed by atoms with van der Waals surface area (Å²) in [5.74, 6) is -0.167. The quantitative estimate of drug-likeness (QED) is 0.836. The largest absolute Gasteiger partial charge is 0.322 e. The van der Waals surface area contributed by atoms with Crippen molar-refractivity contribution in [3.63, 3.8) is 0 Å². The summed E-state index contributed by atoms with van der Waals surface area (Å²) in [6, 6.07) is 5.32. The monoisotopic (exact) mass is 251 g/mol. The Hall–Kier alpha value is -0.890. The molecule has 0 bridgehead atoms. The molecule has 0 fully saturated rings. The zero-order valence-corrected chi connectivity index (χ0v) is 12.3. The smallest absolute Gasteiger partial charge is 0.126 e. The Balaban J connectivity index is 2.70. The van der Waals surface area contributed by atoms with E-state index < -0.39 is 5.54 Å². The van der Waals surface area contributed by atoms with Crippen LogP contribution in [0.3, 0.4) is 0 Å². The third kappa shape index (κ3) is 4.41. The van der Waals surface area contributed by atoms with Crippen molar-refractivity contribution in [3.05, 3.63) is 35.1 Å². The van der Waals surface area contributed by atoms with Gasteiger partial charge in [-0.2, -0.15) is 0 Å². The van der Waals surface area contributed by atoms with Gasteiger partial charge in [0.25, 0.3) is 0 Å². The summed E-state index contributed by atoms with van der Waals surface area (Å²) in [6.45, 7) is 10.4. The van der Waals surface area contributed by atoms with Crippen molar-refractivity contribution < 1.29 is 4.39 Å². The van der Waals surface area contributed by atoms with Gasteiger partial charge in [-0.3, -0.25) is 0 Å². The fourth-order valence-corrected chi connectivity index (χ4v) is 2.08. The molecule has 102 valence electrons. The molecule has 0 heterocycles. The van der Waals surface area contributed by atoms with E-state index in [0.717, 1.165) is 24.8 Å². The highest BCUT2D eigenvalue weighted by Crippen LogP contribution is 2.29. The lowest BCUT2D eigenvalue weighted by atomic mass is 9.83. The fourth-order valence-electron chi connectivity index (χ4n) is 2.08. The third-order valence-corrected chi connectivity index (χ3v) is 3.45. The zero-order valence-electron chi connectivity index (χ0n) is 12.3. The molecule has 0 saturated carbocycles. The molecule has 1 rings (SSSR count). The predicted molar refractivity (Wildman–Crippen MR) is 76.0 cm³/mol. The van der Waals surface area contributed by atoms with E-state index >= 15 is 0 Å². The van der Waals surface area contributed by atoms with Gasteiger partial charge >= 0.3 is 0 Å². The molecule has 1 aromatic rings. The Bertz CT molecular complexity index is 402. The minimum absolute atomic E-state index is 0.167. The molecule has 1 aromatic carbocycles. The van der Waals surface area contributed by atoms with Crippen molar-refractivity contribution in [2.45, 2.75) is 59.4 Å². The Morgan fingerprint density at radius 3 is 2.22 bits per heavy atom. The van der Waals surface area contributed by atoms with Crippen LogP contribution in [0.25, 0.3) is 0 Å². The maximum Gasteiger partial charge on any atom is 0.126 e. The lowest BCUT2D eigenvalue weighted by Gasteiger charge is -2.27. The summed E-state index contributed by atoms with van der Waals surface area (Å²) in [5, 5.41) is 0. The third-order valence-electron chi connectivity index (χ3n) is 3.45. The molecule has 0 radical (unpaired) electrons. The van der Waals surface area contributed by atoms with Crippen molar-refractivity contribution in [1.29, 1.82) is 0 Å². The van der Waals surface area contributed by atoms with E-state index in [9.17, 15) is 4.39 Å². The van der Waals surface area contributed by atoms with E-state index in [4.69, 9.17) is 5.73 Å². The van der Waals surface area contributed by atoms with E-state index in [-0.39, 0.29) is 5.82 Å². The first-order valence-corrected chi connectivity index (χ1v) is 6.67. The number of aryl methyl sites for hydroxylation is 1. The Labute approximate surface area is 111 Å². The molecule has 2 heteroatoms. The van der Waals surface area contributed by atoms with E-state index in [1.807, 2.05) is 13.0 Å². The van der Waals surface area contributed by atoms with Crippen LogP contribution in [0.15, 0.2) is 18.2 Å². The predicted octanol–water partition coefficient (Wildman–Crippen LogP) is 4.52. The van der Waals surface area contributed by atoms with Crippen LogP contribution in [-0.2, 0) is 5.54 Å². The molecule has 1 atom stereocenters. The van der Waals surface area contributed by atoms with Crippen molar-refractivity contribution in [3.8, 4) is 0 Å². The number of halogens is 1. The van der Waals surface area contributed by atoms with Gasteiger partial charge in [0.2, 0.25) is 0 Å². The van der Waals surface area contributed by atoms with Crippen molar-refractivity contribution >= 4 is 0 Å². The zero-order chi connectivity index (χ0) is 14.0. The first-order chi connectivity index (χ1) is 8.12. The second-order valence-corrected chi connectivity index (χ2v) is 6.80. The van der Waals surface area contributed by atoms with Gasteiger partial charge in [-0.15, -0.1) is 0 Å². The van der Waals surface area contributed by atoms with Gasteiger partial charge < -0.3 is 5.73 Å². The molecule has 18 heavy (non-hydrogen) atoms. The Kier molecular flexibility index (Phi) is 4.55. The van der Waals surface area contributed by atoms with E-state index in [0.29, 0.717) is 11.0 Å². The van der Waals surface area contributed by atoms with Crippen molar-refractivity contribution in [2.24, 2.45) is 11.1 Å². The summed E-state index contributed by atoms with van der Waals surface area (Å²) < 4.78 is 13.6. The summed E-state index contributed by atoms with van der Waals surface area (Å²) in [4.78, 5) is 0. The minimum Gasteiger partial charge on any atom is -0.322 e. The molecule has 0 aliphatic carbocycles. The Morgan fingerprint density at radius 1 is 1.11 bits per heavy atom. The molecule has 0 saturated heterocycles. The number of hydrogen-bond acceptors (Lipinski definition) is 1. The van der Waals surface area contributed by atoms with Gasteiger partial charge in [0, 0.05) is 5.54 Å². The Morgan fingerprint density at radius 2 is 1.72 bits per heavy atom. The van der Waals surface area contributed by atoms with Crippen molar-refractivity contribution in [1.82, 2.24) is 0 Å². The van der Waals surface area contributed by atoms with Crippen LogP contribution in [0.1, 0.15) is 58.1 Å². The van der Waals surface area contributed by atoms with Crippen LogP contribution < -0.4 is 5.73 Å². The molecule has 1 unspecified atom stereocenters. The van der Waals surface area contributed by atoms with Crippen molar-refractivity contribution in [2.75, 3.05) is 0 Å². The molecular formula is C16H26FN. The SMILES string of the molecule is Cc1ccc(C(C)(N)CCCC(C)(C)C)cc1F. The molecule has 0 amide bonds. The number of hydrogen-bond donors (Lipinski definition) is 1. The molecule has 2 N–H and O–H groups in total. The fraction of sp³-hybridized carbons (Fsp3) is 0.625. The summed E-state index contributed by atoms with van der Waals surface area (Å²) in [6.07, 6.45) is 3.08. The first-order valence-electron chi connectivity index (χ1n) is 6.67. The maximum absolute atomic E-state index is 13.6. The second kappa shape index (κ2) is 5.40. The summed E-state index contributed by atoms with van der Waals surface area (Å²) in [7, 11) is 0. The molecule has 1 nitrogen and oxygen atoms in total. The van der Waals surface area contributed by atoms with E-state index in [1.54, 1.807) is 19.1 Å². The van der Waals surface area contributed by atoms with Crippen LogP contribution >= 0.6 is 0 Å². The highest BCUT2D eigenvalue weighted by atomic mass is 19.1. The standard InChI is InChI=1S/C16H26FN/c1-12-7-8-13(11-14(12)17)16(5,18)10-6-9-15(2,3)4/h7-8,11H,6,9-10,18H2,1-5H3. The molecule has 0 spiro atoms. The highest BCUT2D eigenvalue weighted by Gasteiger charge is 2.22. The molecule has 0 aliphatic heterocycles. The van der Waals surface area contributed by atoms with Gasteiger partial charge in [-0.25, -0.2) is 4.39 Å². The number of benzene rings is 1. The first kappa shape index (κ1) is 15.2. The number of rotatable bonds is 4. The second-order valence-electron chi connectivity index (χ2n) is 6.80. The van der Waals surface area contributed by atoms with Gasteiger partial charge in [-0.1, -0.05) is 39.3 Å². The summed E-state index contributed by atoms with van der Waals surface area (Å²) >= 11 is 0. The highest BCUT2D eigenvalue weighted by molar-refractivity contribution is 5.28. The molecular weight excluding hydrogens is 225 g/mol. The lowest BCUT2D eigenvalue weighted by Crippen LogP contribution is -2.33. The van der Waals surface area contributed by atoms with Gasteiger partial charge in [0.15, 0.2) is 0 Å². The topological polar surface area (TPSA) is 26.0 Å². The van der Waals surface area contributed by atoms with Crippen LogP contribution in [0, 0.1) is 18.2 Å².